The molecule has 0 atom stereocenters. The van der Waals surface area contributed by atoms with Crippen molar-refractivity contribution in [3.63, 3.8) is 0 Å². The van der Waals surface area contributed by atoms with Crippen molar-refractivity contribution >= 4 is 52.6 Å². The van der Waals surface area contributed by atoms with Crippen molar-refractivity contribution in [3.8, 4) is 0 Å². The van der Waals surface area contributed by atoms with Crippen LogP contribution in [-0.2, 0) is 0 Å². The number of rotatable bonds is 2. The molecule has 0 rings (SSSR count). The van der Waals surface area contributed by atoms with Crippen LogP contribution in [0.4, 0.5) is 0 Å². The van der Waals surface area contributed by atoms with Crippen LogP contribution in [0.25, 0.3) is 0 Å². The molecule has 0 saturated carbocycles. The molecule has 0 aliphatic rings. The minimum absolute atomic E-state index is 0.542. The largest absolute Gasteiger partial charge is 0.148 e. The van der Waals surface area contributed by atoms with Crippen LogP contribution in [0.2, 0.25) is 5.01 Å². The van der Waals surface area contributed by atoms with Gasteiger partial charge in [-0.1, -0.05) is 0 Å². The van der Waals surface area contributed by atoms with Crippen LogP contribution in [-0.4, -0.2) is 52.6 Å². The van der Waals surface area contributed by atoms with Gasteiger partial charge in [-0.15, -0.1) is 5.01 Å². The standard InChI is InChI=1S/CH11B7/c2-1(3,7-4)8(5)6/h7H,2-6H2. The number of hydrogen-bond acceptors (Lipinski definition) is 0. The second-order valence-electron chi connectivity index (χ2n) is 3.50. The van der Waals surface area contributed by atoms with Crippen molar-refractivity contribution in [3.05, 3.63) is 0 Å². The first kappa shape index (κ1) is 8.45. The molecule has 7 heteroatoms. The van der Waals surface area contributed by atoms with Gasteiger partial charge in [0.2, 0.25) is 0 Å². The molecule has 0 amide bonds. The second kappa shape index (κ2) is 2.84. The highest BCUT2D eigenvalue weighted by Gasteiger charge is 2.21. The molecule has 0 aliphatic heterocycles. The minimum Gasteiger partial charge on any atom is -0.148 e. The molecule has 0 aliphatic carbocycles. The van der Waals surface area contributed by atoms with Gasteiger partial charge in [-0.3, -0.25) is 0 Å². The van der Waals surface area contributed by atoms with E-state index in [-0.39, 0.29) is 0 Å². The first-order chi connectivity index (χ1) is 3.50. The summed E-state index contributed by atoms with van der Waals surface area (Å²) in [5, 5.41) is 0.542. The van der Waals surface area contributed by atoms with Gasteiger partial charge in [-0.25, -0.2) is 0 Å². The predicted octanol–water partition coefficient (Wildman–Crippen LogP) is -5.40. The highest BCUT2D eigenvalue weighted by atomic mass is 13.6. The molecule has 0 bridgehead atoms. The molecule has 0 aromatic carbocycles. The molecule has 0 radical (unpaired) electrons. The van der Waals surface area contributed by atoms with E-state index in [1.165, 1.54) is 7.17 Å². The molecule has 0 unspecified atom stereocenters. The Kier molecular flexibility index (Phi) is 3.00. The summed E-state index contributed by atoms with van der Waals surface area (Å²) in [7, 11) is 12.7. The highest BCUT2D eigenvalue weighted by Crippen LogP contribution is 2.10. The van der Waals surface area contributed by atoms with Crippen LogP contribution in [0.5, 0.6) is 0 Å². The van der Waals surface area contributed by atoms with Gasteiger partial charge >= 0.3 is 0 Å². The lowest BCUT2D eigenvalue weighted by molar-refractivity contribution is 1.67. The Hall–Kier alpha value is 0.455. The Morgan fingerprint density at radius 2 is 1.62 bits per heavy atom. The predicted molar refractivity (Wildman–Crippen MR) is 58.3 cm³/mol. The van der Waals surface area contributed by atoms with E-state index in [2.05, 4.69) is 38.9 Å². The Balaban J connectivity index is 3.71. The molecule has 0 fully saturated rings. The van der Waals surface area contributed by atoms with E-state index in [0.29, 0.717) is 5.01 Å². The number of hydrogen-bond donors (Lipinski definition) is 0. The zero-order chi connectivity index (χ0) is 6.78. The topological polar surface area (TPSA) is 0 Å². The Morgan fingerprint density at radius 3 is 1.62 bits per heavy atom. The van der Waals surface area contributed by atoms with Gasteiger partial charge in [0, 0.05) is 6.49 Å². The lowest BCUT2D eigenvalue weighted by Gasteiger charge is -2.24. The van der Waals surface area contributed by atoms with Crippen LogP contribution >= 0.6 is 0 Å². The summed E-state index contributed by atoms with van der Waals surface area (Å²) in [5.74, 6) is 0. The van der Waals surface area contributed by atoms with E-state index >= 15 is 0 Å². The maximum atomic E-state index is 2.32. The maximum Gasteiger partial charge on any atom is 0.0822 e. The van der Waals surface area contributed by atoms with Crippen molar-refractivity contribution < 1.29 is 0 Å². The van der Waals surface area contributed by atoms with Crippen LogP contribution in [0.1, 0.15) is 0 Å². The van der Waals surface area contributed by atoms with E-state index in [1.54, 1.807) is 0 Å². The lowest BCUT2D eigenvalue weighted by Crippen LogP contribution is -2.40. The van der Waals surface area contributed by atoms with Crippen LogP contribution in [0, 0.1) is 0 Å². The molecule has 0 aromatic heterocycles. The molecule has 0 N–H and O–H groups in total. The van der Waals surface area contributed by atoms with Gasteiger partial charge in [-0.05, 0) is 0 Å². The third-order valence-electron chi connectivity index (χ3n) is 2.47. The first-order valence-electron chi connectivity index (χ1n) is 3.50. The summed E-state index contributed by atoms with van der Waals surface area (Å²) < 4.78 is 0. The van der Waals surface area contributed by atoms with Crippen LogP contribution < -0.4 is 0 Å². The zero-order valence-electron chi connectivity index (χ0n) is 6.78. The SMILES string of the molecule is BBC(B)(B)B(B)B. The summed E-state index contributed by atoms with van der Waals surface area (Å²) in [6, 6.07) is 0. The normalized spacial score (nSPS) is 10.5. The zero-order valence-corrected chi connectivity index (χ0v) is 6.78. The first-order valence-corrected chi connectivity index (χ1v) is 3.50. The third kappa shape index (κ3) is 2.15. The molecule has 0 aromatic rings. The van der Waals surface area contributed by atoms with E-state index in [0.717, 1.165) is 6.49 Å². The molecule has 36 valence electrons. The van der Waals surface area contributed by atoms with Gasteiger partial charge in [-0.2, -0.15) is 0 Å². The van der Waals surface area contributed by atoms with Crippen molar-refractivity contribution in [1.82, 2.24) is 0 Å². The molecule has 8 heavy (non-hydrogen) atoms. The van der Waals surface area contributed by atoms with Crippen LogP contribution in [0.3, 0.4) is 0 Å². The van der Waals surface area contributed by atoms with Gasteiger partial charge < -0.3 is 0 Å². The summed E-state index contributed by atoms with van der Waals surface area (Å²) in [6.07, 6.45) is 0. The van der Waals surface area contributed by atoms with E-state index in [9.17, 15) is 0 Å². The van der Waals surface area contributed by atoms with Crippen molar-refractivity contribution in [2.24, 2.45) is 0 Å². The van der Waals surface area contributed by atoms with Crippen molar-refractivity contribution in [2.45, 2.75) is 5.01 Å². The smallest absolute Gasteiger partial charge is 0.0822 e. The van der Waals surface area contributed by atoms with Crippen molar-refractivity contribution in [1.29, 1.82) is 0 Å². The van der Waals surface area contributed by atoms with E-state index in [1.807, 2.05) is 0 Å². The third-order valence-corrected chi connectivity index (χ3v) is 2.47. The molecule has 0 nitrogen and oxygen atoms in total. The Bertz CT molecular complexity index is 64.8. The second-order valence-corrected chi connectivity index (χ2v) is 3.50. The maximum absolute atomic E-state index is 2.32. The minimum atomic E-state index is 0.542. The highest BCUT2D eigenvalue weighted by molar-refractivity contribution is 7.39. The van der Waals surface area contributed by atoms with Gasteiger partial charge in [0.1, 0.15) is 0 Å². The van der Waals surface area contributed by atoms with E-state index in [4.69, 9.17) is 0 Å². The van der Waals surface area contributed by atoms with Gasteiger partial charge in [0.25, 0.3) is 0 Å². The Morgan fingerprint density at radius 1 is 1.25 bits per heavy atom. The average molecular weight is 98.8 g/mol. The lowest BCUT2D eigenvalue weighted by atomic mass is 8.94. The fraction of sp³-hybridized carbons (Fsp3) is 1.00. The fourth-order valence-corrected chi connectivity index (χ4v) is 0.408. The van der Waals surface area contributed by atoms with Gasteiger partial charge in [0.15, 0.2) is 0 Å². The molecule has 0 saturated heterocycles. The molecule has 0 heterocycles. The van der Waals surface area contributed by atoms with E-state index < -0.39 is 0 Å². The summed E-state index contributed by atoms with van der Waals surface area (Å²) in [6.45, 7) is 0.812. The quantitative estimate of drug-likeness (QED) is 0.303. The Labute approximate surface area is 58.3 Å². The summed E-state index contributed by atoms with van der Waals surface area (Å²) in [5.41, 5.74) is 0. The molecular formula is CH11B7. The van der Waals surface area contributed by atoms with Crippen molar-refractivity contribution in [2.75, 3.05) is 0 Å². The fourth-order valence-electron chi connectivity index (χ4n) is 0.408. The monoisotopic (exact) mass is 100 g/mol. The summed E-state index contributed by atoms with van der Waals surface area (Å²) in [4.78, 5) is 0. The van der Waals surface area contributed by atoms with Crippen LogP contribution in [0.15, 0.2) is 0 Å². The van der Waals surface area contributed by atoms with Gasteiger partial charge in [0.05, 0.1) is 46.1 Å². The average Bonchev–Trinajstić information content (AvgIpc) is 1.67. The molecule has 0 spiro atoms. The summed E-state index contributed by atoms with van der Waals surface area (Å²) >= 11 is 0. The molecular weight excluding hydrogens is 87.7 g/mol.